The van der Waals surface area contributed by atoms with Crippen LogP contribution in [0.5, 0.6) is 0 Å². The summed E-state index contributed by atoms with van der Waals surface area (Å²) >= 11 is 0. The summed E-state index contributed by atoms with van der Waals surface area (Å²) in [6.07, 6.45) is 0.314. The second kappa shape index (κ2) is 8.38. The number of ether oxygens (including phenoxy) is 1. The number of sulfone groups is 1. The van der Waals surface area contributed by atoms with E-state index >= 15 is 0 Å². The number of hydrogen-bond donors (Lipinski definition) is 0. The Morgan fingerprint density at radius 3 is 2.41 bits per heavy atom. The summed E-state index contributed by atoms with van der Waals surface area (Å²) in [6, 6.07) is 15.1. The van der Waals surface area contributed by atoms with Gasteiger partial charge in [0.2, 0.25) is 11.7 Å². The molecule has 1 aliphatic heterocycles. The Balaban J connectivity index is 1.44. The van der Waals surface area contributed by atoms with E-state index < -0.39 is 21.5 Å². The molecule has 1 aliphatic rings. The van der Waals surface area contributed by atoms with Gasteiger partial charge in [0.1, 0.15) is 11.6 Å². The van der Waals surface area contributed by atoms with Crippen molar-refractivity contribution in [3.63, 3.8) is 0 Å². The largest absolute Gasteiger partial charge is 0.444 e. The molecule has 1 atom stereocenters. The standard InChI is InChI=1S/C23H25N3O5S/c1-23(2,3)30-22(27)26-14-13-19(26)21-24-20(25-31-21)17-11-9-16(10-12-17)15-32(28,29)18-7-5-4-6-8-18/h4-12,19H,13-15H2,1-3H3/t19-/m0/s1. The maximum absolute atomic E-state index is 12.6. The fourth-order valence-corrected chi connectivity index (χ4v) is 4.72. The van der Waals surface area contributed by atoms with E-state index in [-0.39, 0.29) is 11.8 Å². The van der Waals surface area contributed by atoms with Crippen LogP contribution in [-0.2, 0) is 20.3 Å². The molecule has 2 heterocycles. The Morgan fingerprint density at radius 2 is 1.81 bits per heavy atom. The first-order valence-corrected chi connectivity index (χ1v) is 12.0. The molecule has 0 bridgehead atoms. The summed E-state index contributed by atoms with van der Waals surface area (Å²) < 4.78 is 35.9. The lowest BCUT2D eigenvalue weighted by Gasteiger charge is -2.39. The molecule has 8 nitrogen and oxygen atoms in total. The molecule has 3 aromatic rings. The van der Waals surface area contributed by atoms with E-state index in [0.29, 0.717) is 34.3 Å². The molecule has 4 rings (SSSR count). The van der Waals surface area contributed by atoms with Gasteiger partial charge in [0.25, 0.3) is 0 Å². The Bertz CT molecular complexity index is 1200. The zero-order chi connectivity index (χ0) is 22.9. The minimum absolute atomic E-state index is 0.0955. The van der Waals surface area contributed by atoms with Crippen molar-refractivity contribution >= 4 is 15.9 Å². The van der Waals surface area contributed by atoms with Gasteiger partial charge in [-0.25, -0.2) is 13.2 Å². The molecule has 0 aliphatic carbocycles. The highest BCUT2D eigenvalue weighted by Gasteiger charge is 2.39. The summed E-state index contributed by atoms with van der Waals surface area (Å²) in [6.45, 7) is 6.03. The molecule has 0 spiro atoms. The number of carbonyl (C=O) groups excluding carboxylic acids is 1. The molecular formula is C23H25N3O5S. The van der Waals surface area contributed by atoms with Gasteiger partial charge < -0.3 is 9.26 Å². The van der Waals surface area contributed by atoms with Gasteiger partial charge in [0.05, 0.1) is 10.6 Å². The number of benzene rings is 2. The fraction of sp³-hybridized carbons (Fsp3) is 0.348. The Morgan fingerprint density at radius 1 is 1.12 bits per heavy atom. The highest BCUT2D eigenvalue weighted by molar-refractivity contribution is 7.90. The summed E-state index contributed by atoms with van der Waals surface area (Å²) in [5.74, 6) is 0.642. The summed E-state index contributed by atoms with van der Waals surface area (Å²) in [7, 11) is -3.42. The predicted molar refractivity (Wildman–Crippen MR) is 117 cm³/mol. The highest BCUT2D eigenvalue weighted by Crippen LogP contribution is 2.34. The van der Waals surface area contributed by atoms with Crippen LogP contribution in [0.3, 0.4) is 0 Å². The Hall–Kier alpha value is -3.20. The molecule has 168 valence electrons. The normalized spacial score (nSPS) is 16.5. The van der Waals surface area contributed by atoms with Crippen molar-refractivity contribution in [2.24, 2.45) is 0 Å². The molecule has 0 saturated carbocycles. The summed E-state index contributed by atoms with van der Waals surface area (Å²) in [5.41, 5.74) is 0.785. The van der Waals surface area contributed by atoms with Crippen LogP contribution in [-0.4, -0.2) is 41.7 Å². The van der Waals surface area contributed by atoms with E-state index in [1.54, 1.807) is 59.5 Å². The highest BCUT2D eigenvalue weighted by atomic mass is 32.2. The van der Waals surface area contributed by atoms with Crippen LogP contribution in [0.2, 0.25) is 0 Å². The lowest BCUT2D eigenvalue weighted by Crippen LogP contribution is -2.47. The van der Waals surface area contributed by atoms with Crippen LogP contribution in [0.25, 0.3) is 11.4 Å². The van der Waals surface area contributed by atoms with Gasteiger partial charge in [-0.1, -0.05) is 47.6 Å². The lowest BCUT2D eigenvalue weighted by molar-refractivity contribution is -0.0119. The smallest absolute Gasteiger partial charge is 0.410 e. The average Bonchev–Trinajstić information content (AvgIpc) is 3.16. The van der Waals surface area contributed by atoms with E-state index in [2.05, 4.69) is 10.1 Å². The molecule has 1 fully saturated rings. The third-order valence-electron chi connectivity index (χ3n) is 5.05. The van der Waals surface area contributed by atoms with Crippen molar-refractivity contribution in [2.45, 2.75) is 49.5 Å². The van der Waals surface area contributed by atoms with Crippen LogP contribution < -0.4 is 0 Å². The van der Waals surface area contributed by atoms with Crippen LogP contribution >= 0.6 is 0 Å². The van der Waals surface area contributed by atoms with Crippen molar-refractivity contribution in [3.05, 3.63) is 66.1 Å². The monoisotopic (exact) mass is 455 g/mol. The second-order valence-electron chi connectivity index (χ2n) is 8.70. The van der Waals surface area contributed by atoms with E-state index in [9.17, 15) is 13.2 Å². The van der Waals surface area contributed by atoms with Crippen molar-refractivity contribution < 1.29 is 22.5 Å². The molecule has 32 heavy (non-hydrogen) atoms. The second-order valence-corrected chi connectivity index (χ2v) is 10.7. The van der Waals surface area contributed by atoms with Gasteiger partial charge in [-0.2, -0.15) is 4.98 Å². The van der Waals surface area contributed by atoms with Crippen molar-refractivity contribution in [1.29, 1.82) is 0 Å². The third kappa shape index (κ3) is 4.83. The lowest BCUT2D eigenvalue weighted by atomic mass is 10.0. The van der Waals surface area contributed by atoms with E-state index in [1.807, 2.05) is 20.8 Å². The number of amides is 1. The minimum atomic E-state index is -3.42. The number of aromatic nitrogens is 2. The van der Waals surface area contributed by atoms with Crippen LogP contribution in [0.4, 0.5) is 4.79 Å². The van der Waals surface area contributed by atoms with Crippen molar-refractivity contribution in [2.75, 3.05) is 6.54 Å². The van der Waals surface area contributed by atoms with E-state index in [4.69, 9.17) is 9.26 Å². The SMILES string of the molecule is CC(C)(C)OC(=O)N1CC[C@H]1c1nc(-c2ccc(CS(=O)(=O)c3ccccc3)cc2)no1. The van der Waals surface area contributed by atoms with Crippen molar-refractivity contribution in [1.82, 2.24) is 15.0 Å². The molecule has 1 aromatic heterocycles. The molecule has 9 heteroatoms. The first kappa shape index (κ1) is 22.0. The first-order valence-electron chi connectivity index (χ1n) is 10.3. The maximum Gasteiger partial charge on any atom is 0.410 e. The van der Waals surface area contributed by atoms with Crippen molar-refractivity contribution in [3.8, 4) is 11.4 Å². The Kier molecular flexibility index (Phi) is 5.77. The predicted octanol–water partition coefficient (Wildman–Crippen LogP) is 4.39. The molecule has 1 amide bonds. The minimum Gasteiger partial charge on any atom is -0.444 e. The first-order chi connectivity index (χ1) is 15.1. The van der Waals surface area contributed by atoms with Gasteiger partial charge in [-0.15, -0.1) is 0 Å². The molecular weight excluding hydrogens is 430 g/mol. The summed E-state index contributed by atoms with van der Waals surface area (Å²) in [5, 5.41) is 4.03. The van der Waals surface area contributed by atoms with Gasteiger partial charge in [0.15, 0.2) is 9.84 Å². The van der Waals surface area contributed by atoms with Crippen LogP contribution in [0.1, 0.15) is 44.7 Å². The Labute approximate surface area is 187 Å². The number of hydrogen-bond acceptors (Lipinski definition) is 7. The third-order valence-corrected chi connectivity index (χ3v) is 6.75. The summed E-state index contributed by atoms with van der Waals surface area (Å²) in [4.78, 5) is 18.6. The molecule has 0 radical (unpaired) electrons. The number of likely N-dealkylation sites (tertiary alicyclic amines) is 1. The number of rotatable bonds is 5. The van der Waals surface area contributed by atoms with Gasteiger partial charge in [0, 0.05) is 12.1 Å². The van der Waals surface area contributed by atoms with Gasteiger partial charge >= 0.3 is 6.09 Å². The maximum atomic E-state index is 12.6. The average molecular weight is 456 g/mol. The van der Waals surface area contributed by atoms with Gasteiger partial charge in [-0.05, 0) is 44.9 Å². The van der Waals surface area contributed by atoms with Crippen LogP contribution in [0, 0.1) is 0 Å². The fourth-order valence-electron chi connectivity index (χ4n) is 3.35. The quantitative estimate of drug-likeness (QED) is 0.562. The number of nitrogens with zero attached hydrogens (tertiary/aromatic N) is 3. The molecule has 2 aromatic carbocycles. The zero-order valence-corrected chi connectivity index (χ0v) is 19.0. The number of carbonyl (C=O) groups is 1. The zero-order valence-electron chi connectivity index (χ0n) is 18.2. The molecule has 1 saturated heterocycles. The molecule has 0 N–H and O–H groups in total. The molecule has 0 unspecified atom stereocenters. The van der Waals surface area contributed by atoms with E-state index in [1.165, 1.54) is 0 Å². The van der Waals surface area contributed by atoms with Gasteiger partial charge in [-0.3, -0.25) is 4.90 Å². The van der Waals surface area contributed by atoms with E-state index in [0.717, 1.165) is 6.42 Å². The van der Waals surface area contributed by atoms with Crippen LogP contribution in [0.15, 0.2) is 64.0 Å². The topological polar surface area (TPSA) is 103 Å².